The Morgan fingerprint density at radius 1 is 0.667 bits per heavy atom. The van der Waals surface area contributed by atoms with Gasteiger partial charge < -0.3 is 10.3 Å². The van der Waals surface area contributed by atoms with Gasteiger partial charge in [-0.05, 0) is 41.0 Å². The molecule has 0 aliphatic heterocycles. The summed E-state index contributed by atoms with van der Waals surface area (Å²) in [6.45, 7) is 1.80. The minimum absolute atomic E-state index is 0.145. The van der Waals surface area contributed by atoms with Crippen molar-refractivity contribution in [2.24, 2.45) is 0 Å². The SMILES string of the molecule is O=S(=O)(c1ccc(CNCc2ccccc2)cc1)N(Cc1ccccc1)Cc1nc2ccccc2[nH]1. The zero-order chi connectivity index (χ0) is 24.8. The van der Waals surface area contributed by atoms with Crippen LogP contribution in [0.15, 0.2) is 114 Å². The zero-order valence-electron chi connectivity index (χ0n) is 19.8. The molecule has 0 saturated heterocycles. The van der Waals surface area contributed by atoms with Gasteiger partial charge in [0.15, 0.2) is 0 Å². The molecule has 7 heteroatoms. The van der Waals surface area contributed by atoms with Crippen molar-refractivity contribution in [1.82, 2.24) is 19.6 Å². The minimum atomic E-state index is -3.76. The second-order valence-corrected chi connectivity index (χ2v) is 10.6. The number of hydrogen-bond acceptors (Lipinski definition) is 4. The highest BCUT2D eigenvalue weighted by Gasteiger charge is 2.26. The smallest absolute Gasteiger partial charge is 0.243 e. The first-order valence-electron chi connectivity index (χ1n) is 11.9. The summed E-state index contributed by atoms with van der Waals surface area (Å²) in [5.74, 6) is 0.609. The van der Waals surface area contributed by atoms with Crippen LogP contribution in [0, 0.1) is 0 Å². The molecule has 6 nitrogen and oxygen atoms in total. The van der Waals surface area contributed by atoms with Crippen molar-refractivity contribution in [3.05, 3.63) is 132 Å². The Bertz CT molecular complexity index is 1480. The number of benzene rings is 4. The summed E-state index contributed by atoms with van der Waals surface area (Å²) in [6, 6.07) is 34.6. The molecule has 0 fully saturated rings. The molecule has 36 heavy (non-hydrogen) atoms. The molecular formula is C29H28N4O2S. The molecule has 0 spiro atoms. The van der Waals surface area contributed by atoms with Crippen molar-refractivity contribution in [2.75, 3.05) is 0 Å². The van der Waals surface area contributed by atoms with Gasteiger partial charge in [0.1, 0.15) is 5.82 Å². The van der Waals surface area contributed by atoms with Crippen LogP contribution in [0.1, 0.15) is 22.5 Å². The highest BCUT2D eigenvalue weighted by molar-refractivity contribution is 7.89. The Balaban J connectivity index is 1.34. The van der Waals surface area contributed by atoms with Crippen LogP contribution in [0.2, 0.25) is 0 Å². The summed E-state index contributed by atoms with van der Waals surface area (Å²) in [5.41, 5.74) is 4.85. The normalized spacial score (nSPS) is 11.8. The van der Waals surface area contributed by atoms with E-state index in [2.05, 4.69) is 27.4 Å². The van der Waals surface area contributed by atoms with Crippen LogP contribution in [0.4, 0.5) is 0 Å². The molecule has 0 radical (unpaired) electrons. The first-order chi connectivity index (χ1) is 17.6. The number of imidazole rings is 1. The van der Waals surface area contributed by atoms with Gasteiger partial charge in [-0.3, -0.25) is 0 Å². The molecule has 0 saturated carbocycles. The largest absolute Gasteiger partial charge is 0.341 e. The van der Waals surface area contributed by atoms with Gasteiger partial charge >= 0.3 is 0 Å². The van der Waals surface area contributed by atoms with Crippen LogP contribution in [0.25, 0.3) is 11.0 Å². The molecule has 4 aromatic carbocycles. The Labute approximate surface area is 211 Å². The summed E-state index contributed by atoms with van der Waals surface area (Å²) in [5, 5.41) is 3.40. The van der Waals surface area contributed by atoms with Crippen LogP contribution in [-0.4, -0.2) is 22.7 Å². The minimum Gasteiger partial charge on any atom is -0.341 e. The fourth-order valence-corrected chi connectivity index (χ4v) is 5.53. The van der Waals surface area contributed by atoms with Gasteiger partial charge in [-0.15, -0.1) is 0 Å². The molecular weight excluding hydrogens is 468 g/mol. The quantitative estimate of drug-likeness (QED) is 0.277. The van der Waals surface area contributed by atoms with Gasteiger partial charge in [0, 0.05) is 19.6 Å². The van der Waals surface area contributed by atoms with E-state index in [9.17, 15) is 8.42 Å². The number of nitrogens with zero attached hydrogens (tertiary/aromatic N) is 2. The van der Waals surface area contributed by atoms with E-state index in [0.29, 0.717) is 12.4 Å². The summed E-state index contributed by atoms with van der Waals surface area (Å²) >= 11 is 0. The molecule has 5 rings (SSSR count). The molecule has 2 N–H and O–H groups in total. The Hall–Kier alpha value is -3.78. The second-order valence-electron chi connectivity index (χ2n) is 8.69. The van der Waals surface area contributed by atoms with Crippen molar-refractivity contribution >= 4 is 21.1 Å². The summed E-state index contributed by atoms with van der Waals surface area (Å²) in [6.07, 6.45) is 0. The van der Waals surface area contributed by atoms with Crippen LogP contribution in [-0.2, 0) is 36.2 Å². The number of fused-ring (bicyclic) bond motifs is 1. The van der Waals surface area contributed by atoms with Gasteiger partial charge in [0.2, 0.25) is 10.0 Å². The fourth-order valence-electron chi connectivity index (χ4n) is 4.14. The molecule has 5 aromatic rings. The molecule has 0 amide bonds. The van der Waals surface area contributed by atoms with Crippen LogP contribution < -0.4 is 5.32 Å². The number of aromatic nitrogens is 2. The van der Waals surface area contributed by atoms with E-state index >= 15 is 0 Å². The molecule has 182 valence electrons. The maximum absolute atomic E-state index is 13.7. The van der Waals surface area contributed by atoms with Crippen molar-refractivity contribution in [1.29, 1.82) is 0 Å². The summed E-state index contributed by atoms with van der Waals surface area (Å²) in [7, 11) is -3.76. The van der Waals surface area contributed by atoms with Crippen molar-refractivity contribution in [2.45, 2.75) is 31.1 Å². The van der Waals surface area contributed by atoms with E-state index in [-0.39, 0.29) is 18.0 Å². The van der Waals surface area contributed by atoms with Crippen molar-refractivity contribution < 1.29 is 8.42 Å². The highest BCUT2D eigenvalue weighted by atomic mass is 32.2. The van der Waals surface area contributed by atoms with E-state index in [1.165, 1.54) is 9.87 Å². The lowest BCUT2D eigenvalue weighted by molar-refractivity contribution is 0.393. The molecule has 1 heterocycles. The van der Waals surface area contributed by atoms with E-state index in [1.807, 2.05) is 84.9 Å². The van der Waals surface area contributed by atoms with Crippen LogP contribution >= 0.6 is 0 Å². The lowest BCUT2D eigenvalue weighted by Crippen LogP contribution is -2.30. The third kappa shape index (κ3) is 5.71. The lowest BCUT2D eigenvalue weighted by Gasteiger charge is -2.21. The van der Waals surface area contributed by atoms with Gasteiger partial charge in [-0.2, -0.15) is 4.31 Å². The average Bonchev–Trinajstić information content (AvgIpc) is 3.32. The second kappa shape index (κ2) is 10.9. The van der Waals surface area contributed by atoms with Gasteiger partial charge in [-0.1, -0.05) is 84.9 Å². The van der Waals surface area contributed by atoms with Gasteiger partial charge in [0.05, 0.1) is 22.5 Å². The number of hydrogen-bond donors (Lipinski definition) is 2. The standard InChI is InChI=1S/C29H28N4O2S/c34-36(35,26-17-15-24(16-18-26)20-30-19-23-9-3-1-4-10-23)33(21-25-11-5-2-6-12-25)22-29-31-27-13-7-8-14-28(27)32-29/h1-18,30H,19-22H2,(H,31,32). The van der Waals surface area contributed by atoms with E-state index in [1.54, 1.807) is 12.1 Å². The van der Waals surface area contributed by atoms with Crippen LogP contribution in [0.3, 0.4) is 0 Å². The Morgan fingerprint density at radius 2 is 1.25 bits per heavy atom. The Morgan fingerprint density at radius 3 is 1.92 bits per heavy atom. The molecule has 0 atom stereocenters. The van der Waals surface area contributed by atoms with E-state index in [4.69, 9.17) is 0 Å². The van der Waals surface area contributed by atoms with E-state index < -0.39 is 10.0 Å². The summed E-state index contributed by atoms with van der Waals surface area (Å²) < 4.78 is 28.9. The first kappa shape index (κ1) is 23.9. The molecule has 0 bridgehead atoms. The maximum atomic E-state index is 13.7. The average molecular weight is 497 g/mol. The number of rotatable bonds is 10. The van der Waals surface area contributed by atoms with Crippen LogP contribution in [0.5, 0.6) is 0 Å². The number of aromatic amines is 1. The topological polar surface area (TPSA) is 78.1 Å². The van der Waals surface area contributed by atoms with Crippen molar-refractivity contribution in [3.63, 3.8) is 0 Å². The maximum Gasteiger partial charge on any atom is 0.243 e. The Kier molecular flexibility index (Phi) is 7.23. The molecule has 0 unspecified atom stereocenters. The monoisotopic (exact) mass is 496 g/mol. The first-order valence-corrected chi connectivity index (χ1v) is 13.3. The highest BCUT2D eigenvalue weighted by Crippen LogP contribution is 2.22. The summed E-state index contributed by atoms with van der Waals surface area (Å²) in [4.78, 5) is 8.13. The number of H-pyrrole nitrogens is 1. The van der Waals surface area contributed by atoms with Crippen molar-refractivity contribution in [3.8, 4) is 0 Å². The lowest BCUT2D eigenvalue weighted by atomic mass is 10.2. The number of para-hydroxylation sites is 2. The number of nitrogens with one attached hydrogen (secondary N) is 2. The predicted octanol–water partition coefficient (Wildman–Crippen LogP) is 5.24. The predicted molar refractivity (Wildman–Crippen MR) is 142 cm³/mol. The van der Waals surface area contributed by atoms with Gasteiger partial charge in [-0.25, -0.2) is 13.4 Å². The molecule has 1 aromatic heterocycles. The van der Waals surface area contributed by atoms with E-state index in [0.717, 1.165) is 28.7 Å². The molecule has 0 aliphatic rings. The fraction of sp³-hybridized carbons (Fsp3) is 0.138. The van der Waals surface area contributed by atoms with Gasteiger partial charge in [0.25, 0.3) is 0 Å². The number of sulfonamides is 1. The third-order valence-corrected chi connectivity index (χ3v) is 7.83. The zero-order valence-corrected chi connectivity index (χ0v) is 20.7. The third-order valence-electron chi connectivity index (χ3n) is 6.03. The molecule has 0 aliphatic carbocycles.